The fourth-order valence-electron chi connectivity index (χ4n) is 5.03. The molecule has 0 saturated heterocycles. The molecule has 2 fully saturated rings. The van der Waals surface area contributed by atoms with E-state index >= 15 is 0 Å². The summed E-state index contributed by atoms with van der Waals surface area (Å²) in [5, 5.41) is 0. The number of hydrogen-bond acceptors (Lipinski definition) is 3. The van der Waals surface area contributed by atoms with Crippen LogP contribution in [0, 0.1) is 28.1 Å². The van der Waals surface area contributed by atoms with E-state index in [4.69, 9.17) is 0 Å². The van der Waals surface area contributed by atoms with Gasteiger partial charge in [0.2, 0.25) is 0 Å². The lowest BCUT2D eigenvalue weighted by Crippen LogP contribution is -2.44. The molecule has 96 valence electrons. The van der Waals surface area contributed by atoms with E-state index in [1.807, 2.05) is 26.8 Å². The third-order valence-corrected chi connectivity index (χ3v) is 5.75. The molecule has 2 saturated carbocycles. The maximum Gasteiger partial charge on any atom is 0.169 e. The molecule has 0 unspecified atom stereocenters. The molecule has 0 N–H and O–H groups in total. The Morgan fingerprint density at radius 3 is 2.39 bits per heavy atom. The Hall–Kier alpha value is -1.25. The van der Waals surface area contributed by atoms with Crippen molar-refractivity contribution < 1.29 is 14.4 Å². The summed E-state index contributed by atoms with van der Waals surface area (Å²) >= 11 is 0. The minimum absolute atomic E-state index is 0.0603. The summed E-state index contributed by atoms with van der Waals surface area (Å²) in [6.45, 7) is 7.38. The van der Waals surface area contributed by atoms with Crippen LogP contribution < -0.4 is 0 Å². The maximum absolute atomic E-state index is 12.7. The van der Waals surface area contributed by atoms with Crippen LogP contribution in [0.25, 0.3) is 0 Å². The summed E-state index contributed by atoms with van der Waals surface area (Å²) in [5.74, 6) is -0.308. The molecular formula is C15H18O3. The number of carbonyl (C=O) groups excluding carboxylic acids is 3. The van der Waals surface area contributed by atoms with Gasteiger partial charge < -0.3 is 0 Å². The van der Waals surface area contributed by atoms with E-state index in [-0.39, 0.29) is 29.2 Å². The Balaban J connectivity index is 2.36. The molecule has 0 radical (unpaired) electrons. The molecule has 0 aromatic heterocycles. The van der Waals surface area contributed by atoms with Crippen molar-refractivity contribution in [2.75, 3.05) is 0 Å². The van der Waals surface area contributed by atoms with Gasteiger partial charge >= 0.3 is 0 Å². The average Bonchev–Trinajstić information content (AvgIpc) is 2.73. The second kappa shape index (κ2) is 2.84. The molecule has 3 heteroatoms. The van der Waals surface area contributed by atoms with Crippen LogP contribution in [-0.2, 0) is 14.4 Å². The predicted molar refractivity (Wildman–Crippen MR) is 65.8 cm³/mol. The van der Waals surface area contributed by atoms with Gasteiger partial charge in [-0.05, 0) is 18.9 Å². The lowest BCUT2D eigenvalue weighted by Gasteiger charge is -2.37. The molecular weight excluding hydrogens is 228 g/mol. The highest BCUT2D eigenvalue weighted by molar-refractivity contribution is 6.20. The number of rotatable bonds is 0. The van der Waals surface area contributed by atoms with Gasteiger partial charge in [-0.2, -0.15) is 0 Å². The third kappa shape index (κ3) is 0.836. The Morgan fingerprint density at radius 1 is 1.17 bits per heavy atom. The lowest BCUT2D eigenvalue weighted by atomic mass is 9.61. The van der Waals surface area contributed by atoms with Gasteiger partial charge in [0.25, 0.3) is 0 Å². The molecule has 0 aliphatic heterocycles. The standard InChI is InChI=1S/C15H18O3/c1-8-7-9(16)11-13(2,3)12(18)14(4)10(17)5-6-15(8,11)14/h5-6,8,11H,7H2,1-4H3/t8-,11+,14+,15+/m1/s1. The fraction of sp³-hybridized carbons (Fsp3) is 0.667. The van der Waals surface area contributed by atoms with Crippen molar-refractivity contribution in [1.82, 2.24) is 0 Å². The first-order valence-electron chi connectivity index (χ1n) is 6.52. The first-order chi connectivity index (χ1) is 8.20. The minimum atomic E-state index is -1.02. The number of ketones is 3. The highest BCUT2D eigenvalue weighted by atomic mass is 16.2. The molecule has 0 bridgehead atoms. The van der Waals surface area contributed by atoms with Crippen LogP contribution >= 0.6 is 0 Å². The van der Waals surface area contributed by atoms with Gasteiger partial charge in [-0.3, -0.25) is 14.4 Å². The van der Waals surface area contributed by atoms with Gasteiger partial charge in [0.15, 0.2) is 11.6 Å². The molecule has 3 nitrogen and oxygen atoms in total. The minimum Gasteiger partial charge on any atom is -0.299 e. The Morgan fingerprint density at radius 2 is 1.78 bits per heavy atom. The highest BCUT2D eigenvalue weighted by Gasteiger charge is 2.78. The van der Waals surface area contributed by atoms with Crippen LogP contribution in [0.5, 0.6) is 0 Å². The van der Waals surface area contributed by atoms with Gasteiger partial charge in [0, 0.05) is 23.2 Å². The second-order valence-electron chi connectivity index (χ2n) is 6.81. The van der Waals surface area contributed by atoms with Crippen molar-refractivity contribution in [1.29, 1.82) is 0 Å². The van der Waals surface area contributed by atoms with Crippen molar-refractivity contribution in [3.8, 4) is 0 Å². The summed E-state index contributed by atoms with van der Waals surface area (Å²) in [6, 6.07) is 0. The number of carbonyl (C=O) groups is 3. The van der Waals surface area contributed by atoms with E-state index in [2.05, 4.69) is 0 Å². The highest BCUT2D eigenvalue weighted by Crippen LogP contribution is 2.71. The topological polar surface area (TPSA) is 51.2 Å². The summed E-state index contributed by atoms with van der Waals surface area (Å²) in [7, 11) is 0. The second-order valence-corrected chi connectivity index (χ2v) is 6.81. The third-order valence-electron chi connectivity index (χ3n) is 5.75. The predicted octanol–water partition coefficient (Wildman–Crippen LogP) is 1.95. The van der Waals surface area contributed by atoms with E-state index in [0.29, 0.717) is 6.42 Å². The maximum atomic E-state index is 12.7. The van der Waals surface area contributed by atoms with Crippen molar-refractivity contribution >= 4 is 17.3 Å². The molecule has 0 aromatic rings. The van der Waals surface area contributed by atoms with E-state index in [1.54, 1.807) is 6.92 Å². The monoisotopic (exact) mass is 246 g/mol. The summed E-state index contributed by atoms with van der Waals surface area (Å²) in [4.78, 5) is 37.3. The van der Waals surface area contributed by atoms with Gasteiger partial charge in [-0.25, -0.2) is 0 Å². The number of allylic oxidation sites excluding steroid dienone is 2. The van der Waals surface area contributed by atoms with Crippen LogP contribution in [0.4, 0.5) is 0 Å². The van der Waals surface area contributed by atoms with E-state index < -0.39 is 16.2 Å². The normalized spacial score (nSPS) is 48.8. The number of Topliss-reactive ketones (excluding diaryl/α,β-unsaturated/α-hetero) is 2. The zero-order chi connectivity index (χ0) is 13.5. The van der Waals surface area contributed by atoms with Gasteiger partial charge in [0.05, 0.1) is 5.41 Å². The van der Waals surface area contributed by atoms with Gasteiger partial charge in [0.1, 0.15) is 5.78 Å². The van der Waals surface area contributed by atoms with Crippen LogP contribution in [0.1, 0.15) is 34.1 Å². The van der Waals surface area contributed by atoms with Crippen molar-refractivity contribution in [2.45, 2.75) is 34.1 Å². The Labute approximate surface area is 107 Å². The Kier molecular flexibility index (Phi) is 1.86. The lowest BCUT2D eigenvalue weighted by molar-refractivity contribution is -0.142. The molecule has 0 amide bonds. The molecule has 0 heterocycles. The first kappa shape index (κ1) is 11.8. The Bertz CT molecular complexity index is 528. The van der Waals surface area contributed by atoms with E-state index in [1.165, 1.54) is 6.08 Å². The molecule has 3 aliphatic carbocycles. The molecule has 0 aromatic carbocycles. The van der Waals surface area contributed by atoms with Crippen molar-refractivity contribution in [2.24, 2.45) is 28.1 Å². The fourth-order valence-corrected chi connectivity index (χ4v) is 5.03. The zero-order valence-corrected chi connectivity index (χ0v) is 11.2. The average molecular weight is 246 g/mol. The van der Waals surface area contributed by atoms with Gasteiger partial charge in [-0.1, -0.05) is 26.8 Å². The van der Waals surface area contributed by atoms with Crippen LogP contribution in [0.15, 0.2) is 12.2 Å². The zero-order valence-electron chi connectivity index (χ0n) is 11.2. The van der Waals surface area contributed by atoms with Crippen molar-refractivity contribution in [3.05, 3.63) is 12.2 Å². The van der Waals surface area contributed by atoms with E-state index in [9.17, 15) is 14.4 Å². The number of hydrogen-bond donors (Lipinski definition) is 0. The van der Waals surface area contributed by atoms with Crippen LogP contribution in [0.2, 0.25) is 0 Å². The largest absolute Gasteiger partial charge is 0.299 e. The first-order valence-corrected chi connectivity index (χ1v) is 6.52. The van der Waals surface area contributed by atoms with Crippen molar-refractivity contribution in [3.63, 3.8) is 0 Å². The van der Waals surface area contributed by atoms with Gasteiger partial charge in [-0.15, -0.1) is 0 Å². The van der Waals surface area contributed by atoms with E-state index in [0.717, 1.165) is 0 Å². The SMILES string of the molecule is C[C@@H]1CC(=O)[C@H]2C(C)(C)C(=O)[C@]3(C)C(=O)C=C[C@]123. The molecule has 4 atom stereocenters. The quantitative estimate of drug-likeness (QED) is 0.614. The molecule has 1 spiro atoms. The molecule has 3 aliphatic rings. The van der Waals surface area contributed by atoms with Crippen LogP contribution in [0.3, 0.4) is 0 Å². The molecule has 18 heavy (non-hydrogen) atoms. The van der Waals surface area contributed by atoms with Crippen LogP contribution in [-0.4, -0.2) is 17.3 Å². The summed E-state index contributed by atoms with van der Waals surface area (Å²) in [6.07, 6.45) is 3.87. The summed E-state index contributed by atoms with van der Waals surface area (Å²) < 4.78 is 0. The molecule has 3 rings (SSSR count). The summed E-state index contributed by atoms with van der Waals surface area (Å²) in [5.41, 5.74) is -2.31. The smallest absolute Gasteiger partial charge is 0.169 e.